The van der Waals surface area contributed by atoms with E-state index in [2.05, 4.69) is 4.42 Å². The summed E-state index contributed by atoms with van der Waals surface area (Å²) >= 11 is 0. The fourth-order valence-electron chi connectivity index (χ4n) is 0.292. The second-order valence-corrected chi connectivity index (χ2v) is 1.04. The SMILES string of the molecule is Fc1ccc(F)o1. The molecule has 1 rings (SSSR count). The van der Waals surface area contributed by atoms with Crippen LogP contribution in [0, 0.1) is 12.0 Å². The zero-order valence-electron chi connectivity index (χ0n) is 3.32. The van der Waals surface area contributed by atoms with Crippen LogP contribution in [-0.4, -0.2) is 0 Å². The molecule has 0 saturated heterocycles. The summed E-state index contributed by atoms with van der Waals surface area (Å²) in [7, 11) is 0. The molecule has 1 heterocycles. The summed E-state index contributed by atoms with van der Waals surface area (Å²) in [6.07, 6.45) is 0. The molecule has 38 valence electrons. The van der Waals surface area contributed by atoms with Gasteiger partial charge in [0, 0.05) is 12.1 Å². The lowest BCUT2D eigenvalue weighted by Gasteiger charge is -1.68. The van der Waals surface area contributed by atoms with Crippen LogP contribution < -0.4 is 0 Å². The standard InChI is InChI=1S/C4H2F2O/c5-3-1-2-4(6)7-3/h1-2H. The van der Waals surface area contributed by atoms with Gasteiger partial charge in [0.05, 0.1) is 0 Å². The Kier molecular flexibility index (Phi) is 0.817. The Hall–Kier alpha value is -0.860. The van der Waals surface area contributed by atoms with E-state index >= 15 is 0 Å². The van der Waals surface area contributed by atoms with Crippen molar-refractivity contribution in [1.82, 2.24) is 0 Å². The molecule has 1 aromatic heterocycles. The monoisotopic (exact) mass is 104 g/mol. The Bertz CT molecular complexity index is 142. The predicted octanol–water partition coefficient (Wildman–Crippen LogP) is 1.56. The van der Waals surface area contributed by atoms with Gasteiger partial charge in [0.15, 0.2) is 0 Å². The minimum absolute atomic E-state index is 0.891. The third kappa shape index (κ3) is 0.765. The average molecular weight is 104 g/mol. The predicted molar refractivity (Wildman–Crippen MR) is 18.6 cm³/mol. The smallest absolute Gasteiger partial charge is 0.280 e. The van der Waals surface area contributed by atoms with E-state index in [1.165, 1.54) is 0 Å². The third-order valence-corrected chi connectivity index (χ3v) is 0.540. The van der Waals surface area contributed by atoms with E-state index in [-0.39, 0.29) is 0 Å². The summed E-state index contributed by atoms with van der Waals surface area (Å²) in [5, 5.41) is 0. The van der Waals surface area contributed by atoms with Crippen molar-refractivity contribution in [3.8, 4) is 0 Å². The first kappa shape index (κ1) is 4.30. The topological polar surface area (TPSA) is 13.1 Å². The van der Waals surface area contributed by atoms with E-state index < -0.39 is 12.0 Å². The van der Waals surface area contributed by atoms with Gasteiger partial charge in [-0.2, -0.15) is 8.78 Å². The molecule has 0 bridgehead atoms. The number of furan rings is 1. The first-order valence-corrected chi connectivity index (χ1v) is 1.70. The summed E-state index contributed by atoms with van der Waals surface area (Å²) in [6, 6.07) is 0.0417. The lowest BCUT2D eigenvalue weighted by Crippen LogP contribution is -1.55. The van der Waals surface area contributed by atoms with Crippen molar-refractivity contribution in [2.75, 3.05) is 0 Å². The van der Waals surface area contributed by atoms with E-state index in [1.54, 1.807) is 0 Å². The second-order valence-electron chi connectivity index (χ2n) is 1.04. The summed E-state index contributed by atoms with van der Waals surface area (Å²) in [4.78, 5) is 0. The van der Waals surface area contributed by atoms with Gasteiger partial charge in [0.1, 0.15) is 0 Å². The average Bonchev–Trinajstić information content (AvgIpc) is 1.87. The second kappa shape index (κ2) is 1.33. The Labute approximate surface area is 38.6 Å². The fourth-order valence-corrected chi connectivity index (χ4v) is 0.292. The highest BCUT2D eigenvalue weighted by atomic mass is 19.2. The Balaban J connectivity index is 3.04. The van der Waals surface area contributed by atoms with Crippen molar-refractivity contribution in [3.05, 3.63) is 24.2 Å². The van der Waals surface area contributed by atoms with Crippen molar-refractivity contribution >= 4 is 0 Å². The molecule has 1 nitrogen and oxygen atoms in total. The fraction of sp³-hybridized carbons (Fsp3) is 0. The van der Waals surface area contributed by atoms with Gasteiger partial charge >= 0.3 is 0 Å². The third-order valence-electron chi connectivity index (χ3n) is 0.540. The Morgan fingerprint density at radius 3 is 1.71 bits per heavy atom. The highest BCUT2D eigenvalue weighted by molar-refractivity contribution is 4.85. The number of hydrogen-bond acceptors (Lipinski definition) is 1. The van der Waals surface area contributed by atoms with Crippen LogP contribution in [0.3, 0.4) is 0 Å². The highest BCUT2D eigenvalue weighted by Crippen LogP contribution is 2.01. The summed E-state index contributed by atoms with van der Waals surface area (Å²) in [6.45, 7) is 0. The zero-order valence-corrected chi connectivity index (χ0v) is 3.32. The number of hydrogen-bond donors (Lipinski definition) is 0. The highest BCUT2D eigenvalue weighted by Gasteiger charge is 1.94. The molecule has 0 aliphatic heterocycles. The number of rotatable bonds is 0. The van der Waals surface area contributed by atoms with E-state index in [0.29, 0.717) is 0 Å². The van der Waals surface area contributed by atoms with Gasteiger partial charge in [0.25, 0.3) is 12.0 Å². The van der Waals surface area contributed by atoms with E-state index in [4.69, 9.17) is 0 Å². The largest absolute Gasteiger partial charge is 0.404 e. The van der Waals surface area contributed by atoms with Crippen LogP contribution in [0.15, 0.2) is 16.5 Å². The molecule has 0 aliphatic carbocycles. The minimum Gasteiger partial charge on any atom is -0.404 e. The van der Waals surface area contributed by atoms with Gasteiger partial charge in [0.2, 0.25) is 0 Å². The normalized spacial score (nSPS) is 9.43. The van der Waals surface area contributed by atoms with Gasteiger partial charge in [-0.05, 0) is 0 Å². The molecule has 0 fully saturated rings. The molecule has 0 unspecified atom stereocenters. The van der Waals surface area contributed by atoms with Crippen molar-refractivity contribution in [3.63, 3.8) is 0 Å². The lowest BCUT2D eigenvalue weighted by atomic mass is 10.7. The minimum atomic E-state index is -0.891. The summed E-state index contributed by atoms with van der Waals surface area (Å²) in [5.74, 6) is 0. The molecule has 0 aromatic carbocycles. The molecule has 0 radical (unpaired) electrons. The van der Waals surface area contributed by atoms with Gasteiger partial charge < -0.3 is 4.42 Å². The van der Waals surface area contributed by atoms with Crippen LogP contribution in [0.2, 0.25) is 0 Å². The van der Waals surface area contributed by atoms with Crippen LogP contribution in [0.5, 0.6) is 0 Å². The molecule has 3 heteroatoms. The molecular formula is C4H2F2O. The van der Waals surface area contributed by atoms with Crippen LogP contribution in [0.4, 0.5) is 8.78 Å². The van der Waals surface area contributed by atoms with Gasteiger partial charge in [-0.1, -0.05) is 0 Å². The van der Waals surface area contributed by atoms with Gasteiger partial charge in [-0.25, -0.2) is 0 Å². The molecule has 0 spiro atoms. The van der Waals surface area contributed by atoms with E-state index in [9.17, 15) is 8.78 Å². The van der Waals surface area contributed by atoms with Crippen molar-refractivity contribution in [2.24, 2.45) is 0 Å². The van der Waals surface area contributed by atoms with Crippen molar-refractivity contribution in [1.29, 1.82) is 0 Å². The van der Waals surface area contributed by atoms with Crippen molar-refractivity contribution in [2.45, 2.75) is 0 Å². The van der Waals surface area contributed by atoms with Crippen LogP contribution in [-0.2, 0) is 0 Å². The Morgan fingerprint density at radius 2 is 1.57 bits per heavy atom. The molecule has 7 heavy (non-hydrogen) atoms. The zero-order chi connectivity index (χ0) is 5.28. The van der Waals surface area contributed by atoms with Crippen molar-refractivity contribution < 1.29 is 13.2 Å². The molecular weight excluding hydrogens is 102 g/mol. The first-order valence-electron chi connectivity index (χ1n) is 1.70. The van der Waals surface area contributed by atoms with E-state index in [0.717, 1.165) is 12.1 Å². The molecule has 0 aliphatic rings. The molecule has 0 atom stereocenters. The molecule has 0 N–H and O–H groups in total. The molecule has 0 amide bonds. The van der Waals surface area contributed by atoms with Crippen LogP contribution in [0.25, 0.3) is 0 Å². The summed E-state index contributed by atoms with van der Waals surface area (Å²) in [5.41, 5.74) is 0. The Morgan fingerprint density at radius 1 is 1.14 bits per heavy atom. The lowest BCUT2D eigenvalue weighted by molar-refractivity contribution is 0.266. The quantitative estimate of drug-likeness (QED) is 0.486. The van der Waals surface area contributed by atoms with Crippen LogP contribution >= 0.6 is 0 Å². The molecule has 1 aromatic rings. The maximum atomic E-state index is 11.5. The molecule has 0 saturated carbocycles. The number of halogens is 2. The summed E-state index contributed by atoms with van der Waals surface area (Å²) < 4.78 is 26.8. The van der Waals surface area contributed by atoms with Gasteiger partial charge in [-0.15, -0.1) is 0 Å². The maximum absolute atomic E-state index is 11.5. The van der Waals surface area contributed by atoms with E-state index in [1.807, 2.05) is 0 Å². The van der Waals surface area contributed by atoms with Crippen LogP contribution in [0.1, 0.15) is 0 Å². The first-order chi connectivity index (χ1) is 3.29. The maximum Gasteiger partial charge on any atom is 0.280 e. The van der Waals surface area contributed by atoms with Gasteiger partial charge in [-0.3, -0.25) is 0 Å².